The fourth-order valence-corrected chi connectivity index (χ4v) is 2.94. The first kappa shape index (κ1) is 14.5. The number of hydrogen-bond donors (Lipinski definition) is 2. The molecule has 1 unspecified atom stereocenters. The van der Waals surface area contributed by atoms with Crippen LogP contribution in [0.3, 0.4) is 0 Å². The molecule has 19 heavy (non-hydrogen) atoms. The average molecular weight is 264 g/mol. The van der Waals surface area contributed by atoms with Crippen LogP contribution in [0.4, 0.5) is 0 Å². The van der Waals surface area contributed by atoms with Gasteiger partial charge in [-0.25, -0.2) is 0 Å². The van der Waals surface area contributed by atoms with Crippen molar-refractivity contribution in [2.45, 2.75) is 70.5 Å². The fraction of sp³-hybridized carbons (Fsp3) is 0.800. The summed E-state index contributed by atoms with van der Waals surface area (Å²) in [5, 5.41) is 8.15. The second kappa shape index (κ2) is 7.65. The number of nitrogens with two attached hydrogens (primary N) is 1. The summed E-state index contributed by atoms with van der Waals surface area (Å²) >= 11 is 0. The standard InChI is InChI=1S/C15H28N4/c1-2-9-19-12-13(11-17-19)15(10-16)18-14-7-5-3-4-6-8-14/h11-12,14-15,18H,2-10,16H2,1H3. The van der Waals surface area contributed by atoms with E-state index in [4.69, 9.17) is 5.73 Å². The molecule has 1 heterocycles. The summed E-state index contributed by atoms with van der Waals surface area (Å²) in [5.74, 6) is 0. The third kappa shape index (κ3) is 4.32. The molecule has 4 heteroatoms. The second-order valence-electron chi connectivity index (χ2n) is 5.68. The Morgan fingerprint density at radius 2 is 2.11 bits per heavy atom. The molecule has 0 radical (unpaired) electrons. The third-order valence-corrected chi connectivity index (χ3v) is 4.04. The lowest BCUT2D eigenvalue weighted by atomic mass is 10.1. The zero-order chi connectivity index (χ0) is 13.5. The largest absolute Gasteiger partial charge is 0.329 e. The predicted octanol–water partition coefficient (Wildman–Crippen LogP) is 2.61. The molecule has 108 valence electrons. The normalized spacial score (nSPS) is 19.3. The molecule has 0 bridgehead atoms. The summed E-state index contributed by atoms with van der Waals surface area (Å²) < 4.78 is 2.02. The highest BCUT2D eigenvalue weighted by Crippen LogP contribution is 2.20. The van der Waals surface area contributed by atoms with Crippen molar-refractivity contribution in [1.82, 2.24) is 15.1 Å². The minimum atomic E-state index is 0.258. The van der Waals surface area contributed by atoms with Crippen molar-refractivity contribution < 1.29 is 0 Å². The van der Waals surface area contributed by atoms with E-state index in [0.29, 0.717) is 12.6 Å². The van der Waals surface area contributed by atoms with Gasteiger partial charge in [0, 0.05) is 36.9 Å². The molecular formula is C15H28N4. The molecule has 1 aliphatic rings. The van der Waals surface area contributed by atoms with Gasteiger partial charge in [-0.1, -0.05) is 32.6 Å². The zero-order valence-electron chi connectivity index (χ0n) is 12.1. The van der Waals surface area contributed by atoms with Crippen molar-refractivity contribution in [3.8, 4) is 0 Å². The molecule has 0 amide bonds. The van der Waals surface area contributed by atoms with E-state index < -0.39 is 0 Å². The van der Waals surface area contributed by atoms with Crippen LogP contribution in [-0.4, -0.2) is 22.4 Å². The Hall–Kier alpha value is -0.870. The number of rotatable bonds is 6. The molecule has 4 nitrogen and oxygen atoms in total. The Labute approximate surface area is 116 Å². The van der Waals surface area contributed by atoms with Gasteiger partial charge in [-0.3, -0.25) is 4.68 Å². The summed E-state index contributed by atoms with van der Waals surface area (Å²) in [4.78, 5) is 0. The van der Waals surface area contributed by atoms with Gasteiger partial charge >= 0.3 is 0 Å². The van der Waals surface area contributed by atoms with Crippen LogP contribution in [-0.2, 0) is 6.54 Å². The van der Waals surface area contributed by atoms with Gasteiger partial charge in [0.1, 0.15) is 0 Å². The minimum absolute atomic E-state index is 0.258. The molecule has 1 aliphatic carbocycles. The summed E-state index contributed by atoms with van der Waals surface area (Å²) in [6, 6.07) is 0.888. The lowest BCUT2D eigenvalue weighted by molar-refractivity contribution is 0.402. The molecule has 0 saturated heterocycles. The first-order chi connectivity index (χ1) is 9.33. The summed E-state index contributed by atoms with van der Waals surface area (Å²) in [6.45, 7) is 3.81. The van der Waals surface area contributed by atoms with Crippen LogP contribution in [0.1, 0.15) is 63.5 Å². The number of nitrogens with one attached hydrogen (secondary N) is 1. The topological polar surface area (TPSA) is 55.9 Å². The summed E-state index contributed by atoms with van der Waals surface area (Å²) in [5.41, 5.74) is 7.18. The van der Waals surface area contributed by atoms with E-state index in [1.807, 2.05) is 10.9 Å². The van der Waals surface area contributed by atoms with Gasteiger partial charge < -0.3 is 11.1 Å². The average Bonchev–Trinajstić information content (AvgIpc) is 2.73. The van der Waals surface area contributed by atoms with Crippen LogP contribution in [0.2, 0.25) is 0 Å². The van der Waals surface area contributed by atoms with Crippen LogP contribution in [0.15, 0.2) is 12.4 Å². The Morgan fingerprint density at radius 3 is 2.74 bits per heavy atom. The highest BCUT2D eigenvalue weighted by Gasteiger charge is 2.18. The van der Waals surface area contributed by atoms with E-state index in [0.717, 1.165) is 13.0 Å². The lowest BCUT2D eigenvalue weighted by Gasteiger charge is -2.23. The summed E-state index contributed by atoms with van der Waals surface area (Å²) in [7, 11) is 0. The second-order valence-corrected chi connectivity index (χ2v) is 5.68. The SMILES string of the molecule is CCCn1cc(C(CN)NC2CCCCCC2)cn1. The highest BCUT2D eigenvalue weighted by atomic mass is 15.3. The van der Waals surface area contributed by atoms with Crippen molar-refractivity contribution in [1.29, 1.82) is 0 Å². The Balaban J connectivity index is 1.93. The predicted molar refractivity (Wildman–Crippen MR) is 78.9 cm³/mol. The van der Waals surface area contributed by atoms with E-state index in [9.17, 15) is 0 Å². The maximum absolute atomic E-state index is 5.94. The van der Waals surface area contributed by atoms with Crippen LogP contribution in [0.25, 0.3) is 0 Å². The Kier molecular flexibility index (Phi) is 5.86. The molecule has 3 N–H and O–H groups in total. The van der Waals surface area contributed by atoms with Crippen LogP contribution in [0.5, 0.6) is 0 Å². The van der Waals surface area contributed by atoms with Gasteiger partial charge in [0.15, 0.2) is 0 Å². The number of aryl methyl sites for hydroxylation is 1. The van der Waals surface area contributed by atoms with Crippen LogP contribution >= 0.6 is 0 Å². The Morgan fingerprint density at radius 1 is 1.37 bits per heavy atom. The molecule has 1 fully saturated rings. The van der Waals surface area contributed by atoms with E-state index >= 15 is 0 Å². The van der Waals surface area contributed by atoms with E-state index in [-0.39, 0.29) is 6.04 Å². The maximum Gasteiger partial charge on any atom is 0.0538 e. The molecule has 1 aromatic heterocycles. The molecule has 0 aliphatic heterocycles. The first-order valence-corrected chi connectivity index (χ1v) is 7.82. The lowest BCUT2D eigenvalue weighted by Crippen LogP contribution is -2.36. The highest BCUT2D eigenvalue weighted by molar-refractivity contribution is 5.11. The molecule has 1 aromatic rings. The van der Waals surface area contributed by atoms with Gasteiger partial charge in [0.05, 0.1) is 6.20 Å². The molecule has 0 aromatic carbocycles. The smallest absolute Gasteiger partial charge is 0.0538 e. The molecule has 1 atom stereocenters. The maximum atomic E-state index is 5.94. The molecule has 2 rings (SSSR count). The van der Waals surface area contributed by atoms with E-state index in [2.05, 4.69) is 23.5 Å². The van der Waals surface area contributed by atoms with Crippen molar-refractivity contribution in [2.24, 2.45) is 5.73 Å². The number of hydrogen-bond acceptors (Lipinski definition) is 3. The zero-order valence-corrected chi connectivity index (χ0v) is 12.1. The van der Waals surface area contributed by atoms with Gasteiger partial charge in [0.2, 0.25) is 0 Å². The molecule has 1 saturated carbocycles. The molecule has 0 spiro atoms. The van der Waals surface area contributed by atoms with Gasteiger partial charge in [-0.2, -0.15) is 5.10 Å². The van der Waals surface area contributed by atoms with Crippen molar-refractivity contribution >= 4 is 0 Å². The number of nitrogens with zero attached hydrogens (tertiary/aromatic N) is 2. The van der Waals surface area contributed by atoms with Crippen LogP contribution < -0.4 is 11.1 Å². The monoisotopic (exact) mass is 264 g/mol. The minimum Gasteiger partial charge on any atom is -0.329 e. The van der Waals surface area contributed by atoms with E-state index in [1.54, 1.807) is 0 Å². The van der Waals surface area contributed by atoms with Crippen molar-refractivity contribution in [2.75, 3.05) is 6.54 Å². The number of aromatic nitrogens is 2. The van der Waals surface area contributed by atoms with Crippen molar-refractivity contribution in [3.05, 3.63) is 18.0 Å². The first-order valence-electron chi connectivity index (χ1n) is 7.82. The van der Waals surface area contributed by atoms with Crippen molar-refractivity contribution in [3.63, 3.8) is 0 Å². The van der Waals surface area contributed by atoms with Gasteiger partial charge in [-0.15, -0.1) is 0 Å². The Bertz CT molecular complexity index is 353. The van der Waals surface area contributed by atoms with Gasteiger partial charge in [0.25, 0.3) is 0 Å². The summed E-state index contributed by atoms with van der Waals surface area (Å²) in [6.07, 6.45) is 13.3. The van der Waals surface area contributed by atoms with Gasteiger partial charge in [-0.05, 0) is 19.3 Å². The fourth-order valence-electron chi connectivity index (χ4n) is 2.94. The third-order valence-electron chi connectivity index (χ3n) is 4.04. The van der Waals surface area contributed by atoms with Crippen LogP contribution in [0, 0.1) is 0 Å². The van der Waals surface area contributed by atoms with E-state index in [1.165, 1.54) is 44.1 Å². The molecular weight excluding hydrogens is 236 g/mol. The quantitative estimate of drug-likeness (QED) is 0.777.